The third kappa shape index (κ3) is 2.49. The van der Waals surface area contributed by atoms with E-state index < -0.39 is 5.91 Å². The zero-order valence-corrected chi connectivity index (χ0v) is 9.02. The molecule has 1 atom stereocenters. The van der Waals surface area contributed by atoms with Gasteiger partial charge in [-0.25, -0.2) is 0 Å². The van der Waals surface area contributed by atoms with Crippen LogP contribution in [0, 0.1) is 5.92 Å². The standard InChI is InChI=1S/C11H16N4O/c12-6-10(7-1-2-7)15-8-3-4-14-9(5-8)11(13)16/h3-5,7,10H,1-2,6,12H2,(H2,13,16)(H,14,15). The quantitative estimate of drug-likeness (QED) is 0.666. The first-order valence-electron chi connectivity index (χ1n) is 5.43. The predicted molar refractivity (Wildman–Crippen MR) is 61.9 cm³/mol. The summed E-state index contributed by atoms with van der Waals surface area (Å²) < 4.78 is 0. The number of primary amides is 1. The van der Waals surface area contributed by atoms with E-state index in [2.05, 4.69) is 10.3 Å². The maximum Gasteiger partial charge on any atom is 0.267 e. The molecular formula is C11H16N4O. The molecule has 1 unspecified atom stereocenters. The lowest BCUT2D eigenvalue weighted by Gasteiger charge is -2.17. The SMILES string of the molecule is NCC(Nc1ccnc(C(N)=O)c1)C1CC1. The molecule has 1 saturated carbocycles. The Labute approximate surface area is 94.2 Å². The van der Waals surface area contributed by atoms with E-state index in [1.807, 2.05) is 6.07 Å². The van der Waals surface area contributed by atoms with Crippen molar-refractivity contribution < 1.29 is 4.79 Å². The Kier molecular flexibility index (Phi) is 3.05. The molecule has 2 rings (SSSR count). The molecule has 86 valence electrons. The molecule has 5 nitrogen and oxygen atoms in total. The van der Waals surface area contributed by atoms with Crippen LogP contribution in [0.4, 0.5) is 5.69 Å². The number of nitrogens with two attached hydrogens (primary N) is 2. The average molecular weight is 220 g/mol. The molecule has 1 amide bonds. The van der Waals surface area contributed by atoms with E-state index in [0.29, 0.717) is 12.5 Å². The van der Waals surface area contributed by atoms with Gasteiger partial charge in [-0.15, -0.1) is 0 Å². The number of amides is 1. The third-order valence-electron chi connectivity index (χ3n) is 2.81. The van der Waals surface area contributed by atoms with Crippen LogP contribution in [-0.4, -0.2) is 23.5 Å². The molecule has 0 spiro atoms. The van der Waals surface area contributed by atoms with Crippen LogP contribution in [0.5, 0.6) is 0 Å². The van der Waals surface area contributed by atoms with Crippen molar-refractivity contribution in [3.05, 3.63) is 24.0 Å². The molecule has 16 heavy (non-hydrogen) atoms. The second kappa shape index (κ2) is 4.49. The Balaban J connectivity index is 2.07. The van der Waals surface area contributed by atoms with Gasteiger partial charge in [0.15, 0.2) is 0 Å². The molecule has 1 fully saturated rings. The fourth-order valence-corrected chi connectivity index (χ4v) is 1.74. The topological polar surface area (TPSA) is 94.0 Å². The Bertz CT molecular complexity index is 389. The van der Waals surface area contributed by atoms with Crippen LogP contribution in [0.3, 0.4) is 0 Å². The van der Waals surface area contributed by atoms with Gasteiger partial charge < -0.3 is 16.8 Å². The highest BCUT2D eigenvalue weighted by Crippen LogP contribution is 2.33. The molecule has 5 heteroatoms. The molecule has 1 aromatic rings. The molecule has 1 aliphatic carbocycles. The fraction of sp³-hybridized carbons (Fsp3) is 0.455. The molecule has 1 aromatic heterocycles. The Hall–Kier alpha value is -1.62. The number of nitrogens with zero attached hydrogens (tertiary/aromatic N) is 1. The van der Waals surface area contributed by atoms with Crippen LogP contribution >= 0.6 is 0 Å². The van der Waals surface area contributed by atoms with Gasteiger partial charge in [-0.2, -0.15) is 0 Å². The number of aromatic nitrogens is 1. The monoisotopic (exact) mass is 220 g/mol. The van der Waals surface area contributed by atoms with Crippen molar-refractivity contribution in [2.45, 2.75) is 18.9 Å². The van der Waals surface area contributed by atoms with E-state index in [4.69, 9.17) is 11.5 Å². The number of nitrogens with one attached hydrogen (secondary N) is 1. The second-order valence-electron chi connectivity index (χ2n) is 4.12. The van der Waals surface area contributed by atoms with Crippen molar-refractivity contribution in [3.63, 3.8) is 0 Å². The van der Waals surface area contributed by atoms with E-state index in [-0.39, 0.29) is 11.7 Å². The number of carbonyl (C=O) groups is 1. The van der Waals surface area contributed by atoms with Crippen molar-refractivity contribution in [2.24, 2.45) is 17.4 Å². The zero-order chi connectivity index (χ0) is 11.5. The van der Waals surface area contributed by atoms with Crippen LogP contribution in [0.2, 0.25) is 0 Å². The van der Waals surface area contributed by atoms with Crippen LogP contribution in [0.15, 0.2) is 18.3 Å². The van der Waals surface area contributed by atoms with Gasteiger partial charge in [0, 0.05) is 24.5 Å². The van der Waals surface area contributed by atoms with Gasteiger partial charge in [-0.1, -0.05) is 0 Å². The van der Waals surface area contributed by atoms with E-state index in [9.17, 15) is 4.79 Å². The minimum Gasteiger partial charge on any atom is -0.381 e. The van der Waals surface area contributed by atoms with Crippen molar-refractivity contribution >= 4 is 11.6 Å². The van der Waals surface area contributed by atoms with E-state index in [0.717, 1.165) is 5.69 Å². The van der Waals surface area contributed by atoms with Crippen LogP contribution in [-0.2, 0) is 0 Å². The number of hydrogen-bond donors (Lipinski definition) is 3. The maximum atomic E-state index is 11.0. The molecule has 5 N–H and O–H groups in total. The summed E-state index contributed by atoms with van der Waals surface area (Å²) in [5.41, 5.74) is 12.0. The van der Waals surface area contributed by atoms with E-state index >= 15 is 0 Å². The summed E-state index contributed by atoms with van der Waals surface area (Å²) in [5, 5.41) is 3.31. The summed E-state index contributed by atoms with van der Waals surface area (Å²) in [6.07, 6.45) is 4.02. The maximum absolute atomic E-state index is 11.0. The highest BCUT2D eigenvalue weighted by atomic mass is 16.1. The van der Waals surface area contributed by atoms with Gasteiger partial charge in [0.05, 0.1) is 0 Å². The second-order valence-corrected chi connectivity index (χ2v) is 4.12. The van der Waals surface area contributed by atoms with E-state index in [1.165, 1.54) is 12.8 Å². The summed E-state index contributed by atoms with van der Waals surface area (Å²) in [6.45, 7) is 0.596. The van der Waals surface area contributed by atoms with Gasteiger partial charge >= 0.3 is 0 Å². The minimum atomic E-state index is -0.514. The fourth-order valence-electron chi connectivity index (χ4n) is 1.74. The number of hydrogen-bond acceptors (Lipinski definition) is 4. The average Bonchev–Trinajstić information content (AvgIpc) is 3.10. The van der Waals surface area contributed by atoms with Crippen molar-refractivity contribution in [1.82, 2.24) is 4.98 Å². The molecule has 0 radical (unpaired) electrons. The third-order valence-corrected chi connectivity index (χ3v) is 2.81. The van der Waals surface area contributed by atoms with Crippen LogP contribution in [0.25, 0.3) is 0 Å². The number of pyridine rings is 1. The zero-order valence-electron chi connectivity index (χ0n) is 9.02. The number of carbonyl (C=O) groups excluding carboxylic acids is 1. The predicted octanol–water partition coefficient (Wildman–Crippen LogP) is 0.330. The van der Waals surface area contributed by atoms with Gasteiger partial charge in [0.25, 0.3) is 5.91 Å². The number of rotatable bonds is 5. The molecule has 1 heterocycles. The summed E-state index contributed by atoms with van der Waals surface area (Å²) in [7, 11) is 0. The highest BCUT2D eigenvalue weighted by molar-refractivity contribution is 5.91. The Morgan fingerprint density at radius 2 is 2.38 bits per heavy atom. The normalized spacial score (nSPS) is 16.8. The lowest BCUT2D eigenvalue weighted by molar-refractivity contribution is 0.0995. The molecule has 0 bridgehead atoms. The number of anilines is 1. The first-order chi connectivity index (χ1) is 7.70. The summed E-state index contributed by atoms with van der Waals surface area (Å²) >= 11 is 0. The minimum absolute atomic E-state index is 0.275. The van der Waals surface area contributed by atoms with Crippen LogP contribution < -0.4 is 16.8 Å². The molecular weight excluding hydrogens is 204 g/mol. The molecule has 0 saturated heterocycles. The van der Waals surface area contributed by atoms with Gasteiger partial charge in [-0.05, 0) is 30.9 Å². The first-order valence-corrected chi connectivity index (χ1v) is 5.43. The van der Waals surface area contributed by atoms with Crippen LogP contribution in [0.1, 0.15) is 23.3 Å². The lowest BCUT2D eigenvalue weighted by Crippen LogP contribution is -2.31. The summed E-state index contributed by atoms with van der Waals surface area (Å²) in [4.78, 5) is 14.8. The first kappa shape index (κ1) is 10.9. The van der Waals surface area contributed by atoms with Gasteiger partial charge in [0.1, 0.15) is 5.69 Å². The molecule has 0 aromatic carbocycles. The van der Waals surface area contributed by atoms with Crippen molar-refractivity contribution in [3.8, 4) is 0 Å². The Morgan fingerprint density at radius 3 is 2.94 bits per heavy atom. The van der Waals surface area contributed by atoms with Gasteiger partial charge in [-0.3, -0.25) is 9.78 Å². The van der Waals surface area contributed by atoms with E-state index in [1.54, 1.807) is 12.3 Å². The summed E-state index contributed by atoms with van der Waals surface area (Å²) in [5.74, 6) is 0.148. The lowest BCUT2D eigenvalue weighted by atomic mass is 10.1. The largest absolute Gasteiger partial charge is 0.381 e. The molecule has 0 aliphatic heterocycles. The highest BCUT2D eigenvalue weighted by Gasteiger charge is 2.30. The smallest absolute Gasteiger partial charge is 0.267 e. The molecule has 1 aliphatic rings. The van der Waals surface area contributed by atoms with Crippen molar-refractivity contribution in [1.29, 1.82) is 0 Å². The van der Waals surface area contributed by atoms with Crippen molar-refractivity contribution in [2.75, 3.05) is 11.9 Å². The van der Waals surface area contributed by atoms with Gasteiger partial charge in [0.2, 0.25) is 0 Å². The summed E-state index contributed by atoms with van der Waals surface area (Å²) in [6, 6.07) is 3.76. The Morgan fingerprint density at radius 1 is 1.62 bits per heavy atom.